The van der Waals surface area contributed by atoms with Crippen LogP contribution in [0.15, 0.2) is 30.3 Å². The molecule has 0 radical (unpaired) electrons. The van der Waals surface area contributed by atoms with Gasteiger partial charge in [0.1, 0.15) is 0 Å². The maximum absolute atomic E-state index is 12.2. The Kier molecular flexibility index (Phi) is 5.18. The lowest BCUT2D eigenvalue weighted by Crippen LogP contribution is -2.45. The molecule has 1 saturated heterocycles. The minimum Gasteiger partial charge on any atom is -0.383 e. The number of likely N-dealkylation sites (tertiary alicyclic amines) is 1. The molecule has 1 aliphatic heterocycles. The number of nitrogens with zero attached hydrogens (tertiary/aromatic N) is 1. The number of amides is 2. The van der Waals surface area contributed by atoms with Gasteiger partial charge >= 0.3 is 6.03 Å². The number of carbonyl (C=O) groups is 1. The SMILES string of the molecule is COCCN1CC[C@@H](NC(=O)NCC2(c3ccccc3)CC2)C1. The van der Waals surface area contributed by atoms with E-state index in [1.807, 2.05) is 6.07 Å². The molecule has 126 valence electrons. The van der Waals surface area contributed by atoms with Crippen LogP contribution in [0.4, 0.5) is 4.79 Å². The van der Waals surface area contributed by atoms with Gasteiger partial charge in [0.25, 0.3) is 0 Å². The van der Waals surface area contributed by atoms with Crippen LogP contribution in [-0.4, -0.2) is 56.9 Å². The van der Waals surface area contributed by atoms with Gasteiger partial charge in [0, 0.05) is 44.7 Å². The predicted molar refractivity (Wildman–Crippen MR) is 90.6 cm³/mol. The molecule has 1 atom stereocenters. The van der Waals surface area contributed by atoms with Crippen LogP contribution in [0.2, 0.25) is 0 Å². The third kappa shape index (κ3) is 4.24. The monoisotopic (exact) mass is 317 g/mol. The summed E-state index contributed by atoms with van der Waals surface area (Å²) in [6.45, 7) is 4.36. The highest BCUT2D eigenvalue weighted by molar-refractivity contribution is 5.74. The molecular formula is C18H27N3O2. The van der Waals surface area contributed by atoms with E-state index in [9.17, 15) is 4.79 Å². The summed E-state index contributed by atoms with van der Waals surface area (Å²) in [5.74, 6) is 0. The van der Waals surface area contributed by atoms with Gasteiger partial charge in [-0.3, -0.25) is 4.90 Å². The molecule has 1 aromatic carbocycles. The number of hydrogen-bond acceptors (Lipinski definition) is 3. The largest absolute Gasteiger partial charge is 0.383 e. The Balaban J connectivity index is 1.41. The van der Waals surface area contributed by atoms with E-state index in [0.717, 1.165) is 52.0 Å². The van der Waals surface area contributed by atoms with Crippen molar-refractivity contribution in [2.45, 2.75) is 30.7 Å². The number of carbonyl (C=O) groups excluding carboxylic acids is 1. The summed E-state index contributed by atoms with van der Waals surface area (Å²) in [7, 11) is 1.72. The second-order valence-corrected chi connectivity index (χ2v) is 6.75. The summed E-state index contributed by atoms with van der Waals surface area (Å²) in [5, 5.41) is 6.18. The molecule has 0 unspecified atom stereocenters. The van der Waals surface area contributed by atoms with Gasteiger partial charge in [-0.2, -0.15) is 0 Å². The van der Waals surface area contributed by atoms with Crippen molar-refractivity contribution in [2.75, 3.05) is 39.9 Å². The fourth-order valence-corrected chi connectivity index (χ4v) is 3.37. The lowest BCUT2D eigenvalue weighted by molar-refractivity contribution is 0.159. The van der Waals surface area contributed by atoms with Gasteiger partial charge in [-0.25, -0.2) is 4.79 Å². The quantitative estimate of drug-likeness (QED) is 0.805. The molecule has 2 fully saturated rings. The van der Waals surface area contributed by atoms with Crippen molar-refractivity contribution < 1.29 is 9.53 Å². The minimum atomic E-state index is -0.0363. The van der Waals surface area contributed by atoms with Gasteiger partial charge in [0.05, 0.1) is 6.61 Å². The first-order valence-electron chi connectivity index (χ1n) is 8.53. The highest BCUT2D eigenvalue weighted by Gasteiger charge is 2.44. The Morgan fingerprint density at radius 1 is 1.35 bits per heavy atom. The van der Waals surface area contributed by atoms with Crippen LogP contribution in [0.25, 0.3) is 0 Å². The molecule has 23 heavy (non-hydrogen) atoms. The molecule has 3 rings (SSSR count). The van der Waals surface area contributed by atoms with Crippen molar-refractivity contribution in [3.05, 3.63) is 35.9 Å². The normalized spacial score (nSPS) is 22.7. The van der Waals surface area contributed by atoms with Crippen LogP contribution >= 0.6 is 0 Å². The summed E-state index contributed by atoms with van der Waals surface area (Å²) in [6, 6.07) is 10.7. The maximum Gasteiger partial charge on any atom is 0.315 e. The average molecular weight is 317 g/mol. The summed E-state index contributed by atoms with van der Waals surface area (Å²) >= 11 is 0. The van der Waals surface area contributed by atoms with E-state index in [4.69, 9.17) is 4.74 Å². The number of benzene rings is 1. The van der Waals surface area contributed by atoms with Crippen LogP contribution in [0.1, 0.15) is 24.8 Å². The first-order chi connectivity index (χ1) is 11.2. The molecular weight excluding hydrogens is 290 g/mol. The molecule has 2 N–H and O–H groups in total. The molecule has 1 aromatic rings. The van der Waals surface area contributed by atoms with E-state index in [1.165, 1.54) is 5.56 Å². The summed E-state index contributed by atoms with van der Waals surface area (Å²) in [6.07, 6.45) is 3.33. The van der Waals surface area contributed by atoms with Gasteiger partial charge in [-0.05, 0) is 24.8 Å². The fraction of sp³-hybridized carbons (Fsp3) is 0.611. The molecule has 0 aromatic heterocycles. The van der Waals surface area contributed by atoms with Crippen LogP contribution in [0.3, 0.4) is 0 Å². The third-order valence-electron chi connectivity index (χ3n) is 5.05. The highest BCUT2D eigenvalue weighted by Crippen LogP contribution is 2.47. The van der Waals surface area contributed by atoms with E-state index >= 15 is 0 Å². The molecule has 1 aliphatic carbocycles. The summed E-state index contributed by atoms with van der Waals surface area (Å²) in [4.78, 5) is 14.5. The van der Waals surface area contributed by atoms with Crippen molar-refractivity contribution in [1.29, 1.82) is 0 Å². The Hall–Kier alpha value is -1.59. The molecule has 2 aliphatic rings. The molecule has 5 heteroatoms. The Morgan fingerprint density at radius 3 is 2.83 bits per heavy atom. The van der Waals surface area contributed by atoms with Crippen molar-refractivity contribution in [2.24, 2.45) is 0 Å². The van der Waals surface area contributed by atoms with E-state index in [2.05, 4.69) is 39.8 Å². The zero-order valence-electron chi connectivity index (χ0n) is 13.9. The van der Waals surface area contributed by atoms with E-state index in [0.29, 0.717) is 0 Å². The number of methoxy groups -OCH3 is 1. The standard InChI is InChI=1S/C18H27N3O2/c1-23-12-11-21-10-7-16(13-21)20-17(22)19-14-18(8-9-18)15-5-3-2-4-6-15/h2-6,16H,7-14H2,1H3,(H2,19,20,22)/t16-/m1/s1. The Labute approximate surface area is 138 Å². The van der Waals surface area contributed by atoms with Crippen LogP contribution in [-0.2, 0) is 10.2 Å². The molecule has 0 spiro atoms. The molecule has 1 heterocycles. The highest BCUT2D eigenvalue weighted by atomic mass is 16.5. The maximum atomic E-state index is 12.2. The second-order valence-electron chi connectivity index (χ2n) is 6.75. The Bertz CT molecular complexity index is 516. The van der Waals surface area contributed by atoms with Crippen molar-refractivity contribution >= 4 is 6.03 Å². The lowest BCUT2D eigenvalue weighted by atomic mass is 9.96. The minimum absolute atomic E-state index is 0.0363. The molecule has 1 saturated carbocycles. The number of urea groups is 1. The molecule has 2 amide bonds. The smallest absolute Gasteiger partial charge is 0.315 e. The molecule has 0 bridgehead atoms. The van der Waals surface area contributed by atoms with Crippen molar-refractivity contribution in [1.82, 2.24) is 15.5 Å². The van der Waals surface area contributed by atoms with Gasteiger partial charge in [-0.1, -0.05) is 30.3 Å². The summed E-state index contributed by atoms with van der Waals surface area (Å²) in [5.41, 5.74) is 1.51. The van der Waals surface area contributed by atoms with Crippen molar-refractivity contribution in [3.63, 3.8) is 0 Å². The topological polar surface area (TPSA) is 53.6 Å². The van der Waals surface area contributed by atoms with Crippen molar-refractivity contribution in [3.8, 4) is 0 Å². The number of rotatable bonds is 7. The summed E-state index contributed by atoms with van der Waals surface area (Å²) < 4.78 is 5.10. The van der Waals surface area contributed by atoms with E-state index < -0.39 is 0 Å². The third-order valence-corrected chi connectivity index (χ3v) is 5.05. The second kappa shape index (κ2) is 7.32. The van der Waals surface area contributed by atoms with E-state index in [-0.39, 0.29) is 17.5 Å². The average Bonchev–Trinajstić information content (AvgIpc) is 3.25. The number of hydrogen-bond donors (Lipinski definition) is 2. The van der Waals surface area contributed by atoms with Crippen LogP contribution < -0.4 is 10.6 Å². The predicted octanol–water partition coefficient (Wildman–Crippen LogP) is 1.74. The fourth-order valence-electron chi connectivity index (χ4n) is 3.37. The van der Waals surface area contributed by atoms with Gasteiger partial charge in [0.2, 0.25) is 0 Å². The zero-order chi connectivity index (χ0) is 16.1. The van der Waals surface area contributed by atoms with Gasteiger partial charge in [-0.15, -0.1) is 0 Å². The number of nitrogens with one attached hydrogen (secondary N) is 2. The first-order valence-corrected chi connectivity index (χ1v) is 8.53. The Morgan fingerprint density at radius 2 is 2.13 bits per heavy atom. The first kappa shape index (κ1) is 16.3. The lowest BCUT2D eigenvalue weighted by Gasteiger charge is -2.19. The molecule has 5 nitrogen and oxygen atoms in total. The number of ether oxygens (including phenoxy) is 1. The zero-order valence-corrected chi connectivity index (χ0v) is 13.9. The van der Waals surface area contributed by atoms with Gasteiger partial charge in [0.15, 0.2) is 0 Å². The van der Waals surface area contributed by atoms with E-state index in [1.54, 1.807) is 7.11 Å². The van der Waals surface area contributed by atoms with Crippen LogP contribution in [0.5, 0.6) is 0 Å². The van der Waals surface area contributed by atoms with Gasteiger partial charge < -0.3 is 15.4 Å². The van der Waals surface area contributed by atoms with Crippen LogP contribution in [0, 0.1) is 0 Å².